The van der Waals surface area contributed by atoms with Gasteiger partial charge in [-0.15, -0.1) is 0 Å². The van der Waals surface area contributed by atoms with Crippen molar-refractivity contribution in [1.82, 2.24) is 9.97 Å². The Morgan fingerprint density at radius 1 is 1.32 bits per heavy atom. The van der Waals surface area contributed by atoms with Crippen LogP contribution in [0.4, 0.5) is 11.5 Å². The number of carbonyl (C=O) groups excluding carboxylic acids is 1. The first-order chi connectivity index (χ1) is 11.8. The maximum atomic E-state index is 12.4. The van der Waals surface area contributed by atoms with Crippen molar-refractivity contribution < 1.29 is 13.2 Å². The van der Waals surface area contributed by atoms with Crippen LogP contribution in [0.25, 0.3) is 0 Å². The normalized spacial score (nSPS) is 18.7. The Kier molecular flexibility index (Phi) is 4.91. The van der Waals surface area contributed by atoms with Crippen LogP contribution in [0.2, 0.25) is 5.02 Å². The lowest BCUT2D eigenvalue weighted by atomic mass is 10.2. The van der Waals surface area contributed by atoms with Gasteiger partial charge in [-0.2, -0.15) is 0 Å². The second-order valence-corrected chi connectivity index (χ2v) is 8.56. The van der Waals surface area contributed by atoms with E-state index in [1.54, 1.807) is 42.3 Å². The monoisotopic (exact) mass is 380 g/mol. The summed E-state index contributed by atoms with van der Waals surface area (Å²) < 4.78 is 23.3. The van der Waals surface area contributed by atoms with E-state index >= 15 is 0 Å². The number of aromatic nitrogens is 2. The van der Waals surface area contributed by atoms with Crippen LogP contribution in [0, 0.1) is 0 Å². The number of anilines is 2. The number of nitrogens with one attached hydrogen (secondary N) is 1. The highest BCUT2D eigenvalue weighted by Crippen LogP contribution is 2.22. The number of sulfone groups is 1. The van der Waals surface area contributed by atoms with Crippen LogP contribution in [-0.4, -0.2) is 48.9 Å². The molecule has 1 fully saturated rings. The maximum absolute atomic E-state index is 12.4. The molecule has 3 rings (SSSR count). The quantitative estimate of drug-likeness (QED) is 0.872. The number of nitrogens with zero attached hydrogens (tertiary/aromatic N) is 3. The lowest BCUT2D eigenvalue weighted by Crippen LogP contribution is -2.33. The van der Waals surface area contributed by atoms with E-state index in [1.807, 2.05) is 0 Å². The van der Waals surface area contributed by atoms with Crippen molar-refractivity contribution in [2.45, 2.75) is 12.5 Å². The largest absolute Gasteiger partial charge is 0.356 e. The van der Waals surface area contributed by atoms with E-state index < -0.39 is 15.7 Å². The Morgan fingerprint density at radius 2 is 2.12 bits per heavy atom. The predicted molar refractivity (Wildman–Crippen MR) is 96.9 cm³/mol. The van der Waals surface area contributed by atoms with Crippen molar-refractivity contribution >= 4 is 38.9 Å². The summed E-state index contributed by atoms with van der Waals surface area (Å²) in [5.41, 5.74) is 0.755. The Balaban J connectivity index is 1.76. The summed E-state index contributed by atoms with van der Waals surface area (Å²) in [6.45, 7) is 0. The highest BCUT2D eigenvalue weighted by molar-refractivity contribution is 7.91. The Labute approximate surface area is 151 Å². The lowest BCUT2D eigenvalue weighted by Gasteiger charge is -2.24. The number of halogens is 1. The van der Waals surface area contributed by atoms with E-state index in [0.29, 0.717) is 22.9 Å². The van der Waals surface area contributed by atoms with Gasteiger partial charge in [0.1, 0.15) is 17.8 Å². The van der Waals surface area contributed by atoms with E-state index in [2.05, 4.69) is 15.3 Å². The summed E-state index contributed by atoms with van der Waals surface area (Å²) in [6, 6.07) is 8.20. The predicted octanol–water partition coefficient (Wildman–Crippen LogP) is 2.01. The molecule has 1 unspecified atom stereocenters. The number of rotatable bonds is 4. The van der Waals surface area contributed by atoms with Crippen LogP contribution in [0.5, 0.6) is 0 Å². The molecule has 2 heterocycles. The van der Waals surface area contributed by atoms with Gasteiger partial charge in [-0.05, 0) is 24.6 Å². The molecule has 1 saturated heterocycles. The molecule has 25 heavy (non-hydrogen) atoms. The number of benzene rings is 1. The zero-order chi connectivity index (χ0) is 18.0. The number of hydrogen-bond acceptors (Lipinski definition) is 6. The molecule has 1 atom stereocenters. The van der Waals surface area contributed by atoms with Gasteiger partial charge >= 0.3 is 0 Å². The molecule has 1 N–H and O–H groups in total. The van der Waals surface area contributed by atoms with Gasteiger partial charge in [-0.1, -0.05) is 17.7 Å². The summed E-state index contributed by atoms with van der Waals surface area (Å²) >= 11 is 5.90. The van der Waals surface area contributed by atoms with Crippen LogP contribution < -0.4 is 10.2 Å². The molecular formula is C16H17ClN4O3S. The zero-order valence-corrected chi connectivity index (χ0v) is 15.1. The fourth-order valence-corrected chi connectivity index (χ4v) is 4.66. The third-order valence-corrected chi connectivity index (χ3v) is 6.07. The molecule has 0 spiro atoms. The Morgan fingerprint density at radius 3 is 2.80 bits per heavy atom. The molecule has 2 aromatic rings. The highest BCUT2D eigenvalue weighted by atomic mass is 35.5. The molecule has 1 aromatic carbocycles. The van der Waals surface area contributed by atoms with E-state index in [-0.39, 0.29) is 23.2 Å². The molecule has 1 amide bonds. The SMILES string of the molecule is CN(c1cc(C(=O)Nc2cccc(Cl)c2)ncn1)C1CCS(=O)(=O)C1. The minimum absolute atomic E-state index is 0.0948. The second kappa shape index (κ2) is 6.97. The molecular weight excluding hydrogens is 364 g/mol. The zero-order valence-electron chi connectivity index (χ0n) is 13.5. The summed E-state index contributed by atoms with van der Waals surface area (Å²) in [5.74, 6) is 0.388. The molecule has 1 aliphatic rings. The van der Waals surface area contributed by atoms with Gasteiger partial charge in [-0.25, -0.2) is 18.4 Å². The molecule has 1 aromatic heterocycles. The van der Waals surface area contributed by atoms with Gasteiger partial charge in [0.15, 0.2) is 9.84 Å². The molecule has 1 aliphatic heterocycles. The van der Waals surface area contributed by atoms with Crippen molar-refractivity contribution in [2.24, 2.45) is 0 Å². The maximum Gasteiger partial charge on any atom is 0.274 e. The summed E-state index contributed by atoms with van der Waals surface area (Å²) in [7, 11) is -1.23. The molecule has 0 aliphatic carbocycles. The second-order valence-electron chi connectivity index (χ2n) is 5.89. The third kappa shape index (κ3) is 4.26. The van der Waals surface area contributed by atoms with Gasteiger partial charge < -0.3 is 10.2 Å². The third-order valence-electron chi connectivity index (χ3n) is 4.09. The summed E-state index contributed by atoms with van der Waals surface area (Å²) in [6.07, 6.45) is 1.84. The molecule has 0 saturated carbocycles. The first kappa shape index (κ1) is 17.6. The first-order valence-electron chi connectivity index (χ1n) is 7.66. The molecule has 132 valence electrons. The Bertz CT molecular complexity index is 904. The minimum atomic E-state index is -3.00. The van der Waals surface area contributed by atoms with E-state index in [9.17, 15) is 13.2 Å². The van der Waals surface area contributed by atoms with E-state index in [4.69, 9.17) is 11.6 Å². The van der Waals surface area contributed by atoms with Crippen molar-refractivity contribution in [3.63, 3.8) is 0 Å². The topological polar surface area (TPSA) is 92.3 Å². The highest BCUT2D eigenvalue weighted by Gasteiger charge is 2.31. The van der Waals surface area contributed by atoms with Crippen molar-refractivity contribution in [3.05, 3.63) is 47.4 Å². The van der Waals surface area contributed by atoms with Crippen LogP contribution in [0.15, 0.2) is 36.7 Å². The molecule has 9 heteroatoms. The van der Waals surface area contributed by atoms with Gasteiger partial charge in [0.2, 0.25) is 0 Å². The number of amides is 1. The lowest BCUT2D eigenvalue weighted by molar-refractivity contribution is 0.102. The molecule has 0 bridgehead atoms. The van der Waals surface area contributed by atoms with Gasteiger partial charge in [0.25, 0.3) is 5.91 Å². The van der Waals surface area contributed by atoms with Crippen molar-refractivity contribution in [3.8, 4) is 0 Å². The van der Waals surface area contributed by atoms with Crippen molar-refractivity contribution in [1.29, 1.82) is 0 Å². The fraction of sp³-hybridized carbons (Fsp3) is 0.312. The van der Waals surface area contributed by atoms with E-state index in [0.717, 1.165) is 0 Å². The Hall–Kier alpha value is -2.19. The summed E-state index contributed by atoms with van der Waals surface area (Å²) in [4.78, 5) is 22.3. The van der Waals surface area contributed by atoms with Crippen molar-refractivity contribution in [2.75, 3.05) is 28.8 Å². The smallest absolute Gasteiger partial charge is 0.274 e. The van der Waals surface area contributed by atoms with Crippen LogP contribution >= 0.6 is 11.6 Å². The minimum Gasteiger partial charge on any atom is -0.356 e. The average molecular weight is 381 g/mol. The standard InChI is InChI=1S/C16H17ClN4O3S/c1-21(13-5-6-25(23,24)9-13)15-8-14(18-10-19-15)16(22)20-12-4-2-3-11(17)7-12/h2-4,7-8,10,13H,5-6,9H2,1H3,(H,20,22). The average Bonchev–Trinajstić information content (AvgIpc) is 2.94. The van der Waals surface area contributed by atoms with Crippen LogP contribution in [0.3, 0.4) is 0 Å². The van der Waals surface area contributed by atoms with E-state index in [1.165, 1.54) is 6.33 Å². The molecule has 7 nitrogen and oxygen atoms in total. The first-order valence-corrected chi connectivity index (χ1v) is 9.86. The van der Waals surface area contributed by atoms with Gasteiger partial charge in [0, 0.05) is 29.9 Å². The number of hydrogen-bond donors (Lipinski definition) is 1. The fourth-order valence-electron chi connectivity index (χ4n) is 2.69. The van der Waals surface area contributed by atoms with Crippen LogP contribution in [0.1, 0.15) is 16.9 Å². The van der Waals surface area contributed by atoms with Crippen LogP contribution in [-0.2, 0) is 9.84 Å². The summed E-state index contributed by atoms with van der Waals surface area (Å²) in [5, 5.41) is 3.24. The van der Waals surface area contributed by atoms with Gasteiger partial charge in [0.05, 0.1) is 11.5 Å². The van der Waals surface area contributed by atoms with Gasteiger partial charge in [-0.3, -0.25) is 4.79 Å². The molecule has 0 radical (unpaired) electrons. The number of carbonyl (C=O) groups is 1.